The van der Waals surface area contributed by atoms with E-state index in [9.17, 15) is 46.1 Å². The molecule has 8 nitrogen and oxygen atoms in total. The summed E-state index contributed by atoms with van der Waals surface area (Å²) in [5, 5.41) is 20.6. The third kappa shape index (κ3) is 5.75. The summed E-state index contributed by atoms with van der Waals surface area (Å²) >= 11 is 0. The van der Waals surface area contributed by atoms with E-state index in [4.69, 9.17) is 13.8 Å². The molecule has 3 aliphatic rings. The maximum Gasteiger partial charge on any atom is 0.487 e. The van der Waals surface area contributed by atoms with E-state index in [-0.39, 0.29) is 42.5 Å². The Bertz CT molecular complexity index is 1620. The van der Waals surface area contributed by atoms with Gasteiger partial charge in [-0.25, -0.2) is 4.90 Å². The minimum atomic E-state index is -5.19. The van der Waals surface area contributed by atoms with Gasteiger partial charge in [-0.3, -0.25) is 9.59 Å². The normalized spacial score (nSPS) is 23.8. The molecular formula is C30H24BF6NO7. The van der Waals surface area contributed by atoms with Gasteiger partial charge >= 0.3 is 19.5 Å². The van der Waals surface area contributed by atoms with Crippen molar-refractivity contribution < 1.29 is 59.9 Å². The molecule has 0 spiro atoms. The highest BCUT2D eigenvalue weighted by Crippen LogP contribution is 2.52. The van der Waals surface area contributed by atoms with Crippen molar-refractivity contribution in [3.05, 3.63) is 94.4 Å². The number of carbonyl (C=O) groups is 2. The first kappa shape index (κ1) is 30.9. The van der Waals surface area contributed by atoms with Gasteiger partial charge in [0.25, 0.3) is 0 Å². The molecule has 6 rings (SSSR count). The van der Waals surface area contributed by atoms with Crippen molar-refractivity contribution in [3.8, 4) is 5.75 Å². The van der Waals surface area contributed by atoms with E-state index < -0.39 is 78.6 Å². The zero-order valence-corrected chi connectivity index (χ0v) is 23.1. The molecule has 0 bridgehead atoms. The van der Waals surface area contributed by atoms with Crippen molar-refractivity contribution >= 4 is 24.6 Å². The molecule has 15 heteroatoms. The fraction of sp³-hybridized carbons (Fsp3) is 0.333. The number of ether oxygens (including phenoxy) is 1. The number of halogens is 6. The molecule has 2 fully saturated rings. The fourth-order valence-corrected chi connectivity index (χ4v) is 6.39. The van der Waals surface area contributed by atoms with Gasteiger partial charge in [0.1, 0.15) is 36.6 Å². The van der Waals surface area contributed by atoms with Gasteiger partial charge in [0.2, 0.25) is 11.8 Å². The summed E-state index contributed by atoms with van der Waals surface area (Å²) in [5.74, 6) is -4.40. The number of para-hydroxylation sites is 1. The number of imide groups is 1. The summed E-state index contributed by atoms with van der Waals surface area (Å²) in [6.07, 6.45) is -11.5. The van der Waals surface area contributed by atoms with Crippen LogP contribution in [0.2, 0.25) is 0 Å². The summed E-state index contributed by atoms with van der Waals surface area (Å²) in [7, 11) is -1.60. The summed E-state index contributed by atoms with van der Waals surface area (Å²) < 4.78 is 99.1. The number of allylic oxidation sites excluding steroid dienone is 1. The minimum Gasteiger partial charge on any atom is -0.489 e. The van der Waals surface area contributed by atoms with Gasteiger partial charge in [0.05, 0.1) is 28.7 Å². The number of anilines is 1. The molecule has 0 unspecified atom stereocenters. The number of carbonyl (C=O) groups excluding carboxylic acids is 2. The van der Waals surface area contributed by atoms with E-state index in [1.54, 1.807) is 30.3 Å². The second-order valence-electron chi connectivity index (χ2n) is 11.1. The molecular weight excluding hydrogens is 611 g/mol. The molecule has 3 aromatic rings. The smallest absolute Gasteiger partial charge is 0.487 e. The van der Waals surface area contributed by atoms with Crippen LogP contribution < -0.4 is 9.64 Å². The lowest BCUT2D eigenvalue weighted by atomic mass is 9.55. The van der Waals surface area contributed by atoms with Gasteiger partial charge in [-0.05, 0) is 72.3 Å². The van der Waals surface area contributed by atoms with Crippen molar-refractivity contribution in [2.75, 3.05) is 11.5 Å². The Kier molecular flexibility index (Phi) is 7.82. The van der Waals surface area contributed by atoms with E-state index in [1.807, 2.05) is 0 Å². The van der Waals surface area contributed by atoms with Crippen LogP contribution in [-0.4, -0.2) is 35.7 Å². The van der Waals surface area contributed by atoms with Gasteiger partial charge < -0.3 is 23.9 Å². The standard InChI is InChI=1S/C30H24BF6NO7/c32-29(33,34)16-9-17(30(35,36)37)11-18(10-16)38-27(40)22-8-15(14-43-19-4-2-1-3-5-19)26-21(25(22)28(38)41)12-24(45-31(26)42)23-7-6-20(13-39)44-23/h1-7,9-11,21-22,24-25,39,42H,8,12-14H2/t21-,22-,24-,25+/m0/s1. The van der Waals surface area contributed by atoms with Crippen LogP contribution in [-0.2, 0) is 33.2 Å². The largest absolute Gasteiger partial charge is 0.489 e. The average molecular weight is 635 g/mol. The molecule has 45 heavy (non-hydrogen) atoms. The summed E-state index contributed by atoms with van der Waals surface area (Å²) in [4.78, 5) is 28.1. The first-order chi connectivity index (χ1) is 21.3. The van der Waals surface area contributed by atoms with Gasteiger partial charge in [-0.15, -0.1) is 0 Å². The number of amides is 2. The van der Waals surface area contributed by atoms with Crippen LogP contribution in [0.5, 0.6) is 5.75 Å². The molecule has 4 atom stereocenters. The molecule has 2 amide bonds. The lowest BCUT2D eigenvalue weighted by Gasteiger charge is -2.41. The van der Waals surface area contributed by atoms with Crippen molar-refractivity contribution in [2.45, 2.75) is 37.9 Å². The molecule has 2 saturated heterocycles. The average Bonchev–Trinajstić information content (AvgIpc) is 3.57. The van der Waals surface area contributed by atoms with Gasteiger partial charge in [0.15, 0.2) is 0 Å². The third-order valence-corrected chi connectivity index (χ3v) is 8.35. The summed E-state index contributed by atoms with van der Waals surface area (Å²) in [6, 6.07) is 12.2. The number of aliphatic hydroxyl groups excluding tert-OH is 1. The number of alkyl halides is 6. The van der Waals surface area contributed by atoms with E-state index >= 15 is 0 Å². The molecule has 2 N–H and O–H groups in total. The second-order valence-corrected chi connectivity index (χ2v) is 11.1. The Morgan fingerprint density at radius 1 is 0.911 bits per heavy atom. The topological polar surface area (TPSA) is 109 Å². The maximum atomic E-state index is 13.9. The highest BCUT2D eigenvalue weighted by molar-refractivity contribution is 6.53. The van der Waals surface area contributed by atoms with E-state index in [0.29, 0.717) is 28.4 Å². The van der Waals surface area contributed by atoms with Gasteiger partial charge in [0, 0.05) is 0 Å². The number of rotatable bonds is 6. The molecule has 2 aliphatic heterocycles. The summed E-state index contributed by atoms with van der Waals surface area (Å²) in [5.41, 5.74) is -3.53. The molecule has 0 radical (unpaired) electrons. The molecule has 3 heterocycles. The zero-order valence-electron chi connectivity index (χ0n) is 23.1. The highest BCUT2D eigenvalue weighted by Gasteiger charge is 2.59. The minimum absolute atomic E-state index is 0.0238. The zero-order chi connectivity index (χ0) is 32.3. The fourth-order valence-electron chi connectivity index (χ4n) is 6.39. The van der Waals surface area contributed by atoms with Crippen LogP contribution in [0.25, 0.3) is 0 Å². The predicted molar refractivity (Wildman–Crippen MR) is 144 cm³/mol. The number of hydrogen-bond acceptors (Lipinski definition) is 7. The molecule has 0 saturated carbocycles. The Hall–Kier alpha value is -4.08. The number of furan rings is 1. The second kappa shape index (κ2) is 11.4. The van der Waals surface area contributed by atoms with E-state index in [2.05, 4.69) is 0 Å². The lowest BCUT2D eigenvalue weighted by Crippen LogP contribution is -2.45. The predicted octanol–water partition coefficient (Wildman–Crippen LogP) is 5.49. The first-order valence-electron chi connectivity index (χ1n) is 13.9. The van der Waals surface area contributed by atoms with Crippen molar-refractivity contribution in [3.63, 3.8) is 0 Å². The van der Waals surface area contributed by atoms with Crippen LogP contribution in [0.3, 0.4) is 0 Å². The third-order valence-electron chi connectivity index (χ3n) is 8.35. The molecule has 1 aromatic heterocycles. The van der Waals surface area contributed by atoms with Crippen molar-refractivity contribution in [1.29, 1.82) is 0 Å². The highest BCUT2D eigenvalue weighted by atomic mass is 19.4. The van der Waals surface area contributed by atoms with Crippen molar-refractivity contribution in [1.82, 2.24) is 0 Å². The van der Waals surface area contributed by atoms with Crippen LogP contribution in [0.4, 0.5) is 32.0 Å². The van der Waals surface area contributed by atoms with Crippen molar-refractivity contribution in [2.24, 2.45) is 17.8 Å². The van der Waals surface area contributed by atoms with E-state index in [0.717, 1.165) is 0 Å². The Balaban J connectivity index is 1.41. The van der Waals surface area contributed by atoms with Crippen LogP contribution in [0, 0.1) is 17.8 Å². The molecule has 1 aliphatic carbocycles. The summed E-state index contributed by atoms with van der Waals surface area (Å²) in [6.45, 7) is -0.558. The Labute approximate surface area is 252 Å². The lowest BCUT2D eigenvalue weighted by molar-refractivity contribution is -0.143. The SMILES string of the molecule is O=C1[C@H]2[C@H](CC(COc3ccccc3)=C3B(O)O[C@H](c4ccc(CO)o4)C[C@H]32)C(=O)N1c1cc(C(F)(F)F)cc(C(F)(F)F)c1. The van der Waals surface area contributed by atoms with Crippen LogP contribution in [0.15, 0.2) is 76.1 Å². The number of aliphatic hydroxyl groups is 1. The monoisotopic (exact) mass is 635 g/mol. The number of benzene rings is 2. The van der Waals surface area contributed by atoms with Gasteiger partial charge in [-0.1, -0.05) is 18.2 Å². The van der Waals surface area contributed by atoms with Gasteiger partial charge in [-0.2, -0.15) is 26.3 Å². The molecule has 2 aromatic carbocycles. The Morgan fingerprint density at radius 2 is 1.58 bits per heavy atom. The number of fused-ring (bicyclic) bond motifs is 3. The maximum absolute atomic E-state index is 13.9. The van der Waals surface area contributed by atoms with E-state index in [1.165, 1.54) is 12.1 Å². The van der Waals surface area contributed by atoms with Crippen LogP contribution >= 0.6 is 0 Å². The van der Waals surface area contributed by atoms with Crippen LogP contribution in [0.1, 0.15) is 41.6 Å². The first-order valence-corrected chi connectivity index (χ1v) is 13.9. The quantitative estimate of drug-likeness (QED) is 0.210. The number of nitrogens with zero attached hydrogens (tertiary/aromatic N) is 1. The Morgan fingerprint density at radius 3 is 2.18 bits per heavy atom. The molecule has 236 valence electrons. The number of hydrogen-bond donors (Lipinski definition) is 2.